The van der Waals surface area contributed by atoms with Crippen molar-refractivity contribution in [3.8, 4) is 16.3 Å². The zero-order valence-corrected chi connectivity index (χ0v) is 15.3. The maximum Gasteiger partial charge on any atom is 0.258 e. The first kappa shape index (κ1) is 17.9. The number of para-hydroxylation sites is 1. The first-order valence-electron chi connectivity index (χ1n) is 7.69. The topological polar surface area (TPSA) is 116 Å². The molecule has 3 aromatic rings. The number of hydrogen-bond acceptors (Lipinski definition) is 6. The molecule has 0 fully saturated rings. The molecule has 5 N–H and O–H groups in total. The minimum Gasteiger partial charge on any atom is -0.484 e. The molecule has 1 aromatic carbocycles. The summed E-state index contributed by atoms with van der Waals surface area (Å²) in [6.07, 6.45) is 0. The van der Waals surface area contributed by atoms with Gasteiger partial charge in [-0.05, 0) is 24.3 Å². The summed E-state index contributed by atoms with van der Waals surface area (Å²) in [6.45, 7) is 0.419. The number of nitrogens with one attached hydrogen (secondary N) is 1. The largest absolute Gasteiger partial charge is 0.484 e. The lowest BCUT2D eigenvalue weighted by atomic mass is 10.3. The molecule has 26 heavy (non-hydrogen) atoms. The molecule has 0 aliphatic heterocycles. The summed E-state index contributed by atoms with van der Waals surface area (Å²) in [6, 6.07) is 13.1. The van der Waals surface area contributed by atoms with E-state index in [1.165, 1.54) is 11.3 Å². The number of benzene rings is 1. The lowest BCUT2D eigenvalue weighted by Gasteiger charge is -2.06. The number of thiophene rings is 1. The summed E-state index contributed by atoms with van der Waals surface area (Å²) in [4.78, 5) is 22.2. The Morgan fingerprint density at radius 2 is 2.00 bits per heavy atom. The van der Waals surface area contributed by atoms with Gasteiger partial charge in [0.15, 0.2) is 12.6 Å². The third-order valence-corrected chi connectivity index (χ3v) is 5.05. The van der Waals surface area contributed by atoms with Crippen molar-refractivity contribution in [1.82, 2.24) is 10.3 Å². The van der Waals surface area contributed by atoms with Crippen molar-refractivity contribution in [3.63, 3.8) is 0 Å². The van der Waals surface area contributed by atoms with Gasteiger partial charge in [-0.25, -0.2) is 4.98 Å². The highest BCUT2D eigenvalue weighted by Gasteiger charge is 2.09. The Morgan fingerprint density at radius 1 is 1.19 bits per heavy atom. The summed E-state index contributed by atoms with van der Waals surface area (Å²) in [7, 11) is 0. The van der Waals surface area contributed by atoms with Crippen LogP contribution >= 0.6 is 22.7 Å². The molecule has 2 aromatic heterocycles. The standard InChI is InChI=1S/C17H17N5O2S2/c18-16(19)22-17-21-13(10-25-17)14-7-6-12(26-14)8-20-15(23)9-24-11-4-2-1-3-5-11/h1-7,10H,8-9H2,(H,20,23)(H4,18,19,21,22). The predicted octanol–water partition coefficient (Wildman–Crippen LogP) is 2.47. The van der Waals surface area contributed by atoms with E-state index in [2.05, 4.69) is 15.3 Å². The molecular weight excluding hydrogens is 370 g/mol. The van der Waals surface area contributed by atoms with Crippen molar-refractivity contribution in [2.75, 3.05) is 6.61 Å². The van der Waals surface area contributed by atoms with Gasteiger partial charge in [-0.1, -0.05) is 18.2 Å². The summed E-state index contributed by atoms with van der Waals surface area (Å²) in [5.74, 6) is 0.479. The van der Waals surface area contributed by atoms with E-state index in [4.69, 9.17) is 16.2 Å². The number of carbonyl (C=O) groups excluding carboxylic acids is 1. The highest BCUT2D eigenvalue weighted by atomic mass is 32.1. The molecule has 0 aliphatic carbocycles. The minimum absolute atomic E-state index is 0.0156. The number of carbonyl (C=O) groups is 1. The fourth-order valence-corrected chi connectivity index (χ4v) is 3.74. The molecular formula is C17H17N5O2S2. The van der Waals surface area contributed by atoms with Crippen molar-refractivity contribution in [2.45, 2.75) is 6.54 Å². The van der Waals surface area contributed by atoms with Crippen LogP contribution in [0.15, 0.2) is 52.8 Å². The Bertz CT molecular complexity index is 901. The molecule has 0 spiro atoms. The van der Waals surface area contributed by atoms with Gasteiger partial charge in [-0.15, -0.1) is 22.7 Å². The van der Waals surface area contributed by atoms with E-state index in [1.54, 1.807) is 11.3 Å². The first-order valence-corrected chi connectivity index (χ1v) is 9.38. The van der Waals surface area contributed by atoms with Crippen LogP contribution < -0.4 is 21.5 Å². The highest BCUT2D eigenvalue weighted by Crippen LogP contribution is 2.31. The Balaban J connectivity index is 1.51. The third-order valence-electron chi connectivity index (χ3n) is 3.20. The average molecular weight is 387 g/mol. The predicted molar refractivity (Wildman–Crippen MR) is 105 cm³/mol. The van der Waals surface area contributed by atoms with Crippen LogP contribution in [0.25, 0.3) is 10.6 Å². The molecule has 7 nitrogen and oxygen atoms in total. The fourth-order valence-electron chi connectivity index (χ4n) is 2.05. The molecule has 2 heterocycles. The Kier molecular flexibility index (Phi) is 5.82. The van der Waals surface area contributed by atoms with E-state index >= 15 is 0 Å². The Hall–Kier alpha value is -2.91. The molecule has 0 saturated carbocycles. The molecule has 0 aliphatic rings. The van der Waals surface area contributed by atoms with Gasteiger partial charge in [-0.2, -0.15) is 4.99 Å². The van der Waals surface area contributed by atoms with Gasteiger partial charge in [0, 0.05) is 10.3 Å². The van der Waals surface area contributed by atoms with Crippen LogP contribution in [0.1, 0.15) is 4.88 Å². The van der Waals surface area contributed by atoms with E-state index in [1.807, 2.05) is 47.8 Å². The van der Waals surface area contributed by atoms with Gasteiger partial charge < -0.3 is 21.5 Å². The van der Waals surface area contributed by atoms with Crippen molar-refractivity contribution in [1.29, 1.82) is 0 Å². The normalized spacial score (nSPS) is 10.3. The lowest BCUT2D eigenvalue weighted by Crippen LogP contribution is -2.28. The molecule has 3 rings (SSSR count). The number of ether oxygens (including phenoxy) is 1. The molecule has 0 atom stereocenters. The van der Waals surface area contributed by atoms with Crippen molar-refractivity contribution < 1.29 is 9.53 Å². The molecule has 0 saturated heterocycles. The number of rotatable bonds is 7. The van der Waals surface area contributed by atoms with Crippen LogP contribution in [0.3, 0.4) is 0 Å². The maximum atomic E-state index is 11.9. The number of nitrogens with two attached hydrogens (primary N) is 2. The van der Waals surface area contributed by atoms with Crippen LogP contribution in [0, 0.1) is 0 Å². The molecule has 0 radical (unpaired) electrons. The number of nitrogens with zero attached hydrogens (tertiary/aromatic N) is 2. The van der Waals surface area contributed by atoms with Crippen LogP contribution in [0.4, 0.5) is 5.13 Å². The van der Waals surface area contributed by atoms with Crippen LogP contribution in [0.2, 0.25) is 0 Å². The van der Waals surface area contributed by atoms with Crippen molar-refractivity contribution in [2.24, 2.45) is 16.5 Å². The van der Waals surface area contributed by atoms with Gasteiger partial charge in [0.2, 0.25) is 5.13 Å². The van der Waals surface area contributed by atoms with Gasteiger partial charge in [0.1, 0.15) is 5.75 Å². The van der Waals surface area contributed by atoms with Gasteiger partial charge in [0.05, 0.1) is 17.1 Å². The maximum absolute atomic E-state index is 11.9. The summed E-state index contributed by atoms with van der Waals surface area (Å²) in [5.41, 5.74) is 11.5. The van der Waals surface area contributed by atoms with Crippen molar-refractivity contribution in [3.05, 3.63) is 52.7 Å². The number of thiazole rings is 1. The van der Waals surface area contributed by atoms with E-state index in [0.717, 1.165) is 15.4 Å². The first-order chi connectivity index (χ1) is 12.6. The third kappa shape index (κ3) is 5.04. The molecule has 0 bridgehead atoms. The molecule has 0 unspecified atom stereocenters. The summed E-state index contributed by atoms with van der Waals surface area (Å²) < 4.78 is 5.42. The van der Waals surface area contributed by atoms with E-state index in [9.17, 15) is 4.79 Å². The van der Waals surface area contributed by atoms with E-state index in [-0.39, 0.29) is 18.5 Å². The van der Waals surface area contributed by atoms with Crippen molar-refractivity contribution >= 4 is 39.7 Å². The second-order valence-corrected chi connectivity index (χ2v) is 7.20. The Morgan fingerprint density at radius 3 is 2.77 bits per heavy atom. The zero-order valence-electron chi connectivity index (χ0n) is 13.7. The molecule has 1 amide bonds. The van der Waals surface area contributed by atoms with Crippen LogP contribution in [0.5, 0.6) is 5.75 Å². The molecule has 9 heteroatoms. The number of aliphatic imine (C=N–C) groups is 1. The number of amides is 1. The Labute approximate surface area is 158 Å². The van der Waals surface area contributed by atoms with Crippen LogP contribution in [-0.2, 0) is 11.3 Å². The average Bonchev–Trinajstić information content (AvgIpc) is 3.28. The monoisotopic (exact) mass is 387 g/mol. The summed E-state index contributed by atoms with van der Waals surface area (Å²) >= 11 is 2.92. The minimum atomic E-state index is -0.174. The van der Waals surface area contributed by atoms with Crippen LogP contribution in [-0.4, -0.2) is 23.5 Å². The second-order valence-electron chi connectivity index (χ2n) is 5.20. The molecule has 134 valence electrons. The second kappa shape index (κ2) is 8.45. The number of guanidine groups is 1. The highest BCUT2D eigenvalue weighted by molar-refractivity contribution is 7.16. The van der Waals surface area contributed by atoms with Gasteiger partial charge in [-0.3, -0.25) is 4.79 Å². The number of hydrogen-bond donors (Lipinski definition) is 3. The van der Waals surface area contributed by atoms with E-state index in [0.29, 0.717) is 17.4 Å². The number of aromatic nitrogens is 1. The van der Waals surface area contributed by atoms with E-state index < -0.39 is 0 Å². The van der Waals surface area contributed by atoms with Gasteiger partial charge >= 0.3 is 0 Å². The smallest absolute Gasteiger partial charge is 0.258 e. The zero-order chi connectivity index (χ0) is 18.4. The quantitative estimate of drug-likeness (QED) is 0.425. The fraction of sp³-hybridized carbons (Fsp3) is 0.118. The lowest BCUT2D eigenvalue weighted by molar-refractivity contribution is -0.123. The summed E-state index contributed by atoms with van der Waals surface area (Å²) in [5, 5.41) is 5.25. The van der Waals surface area contributed by atoms with Gasteiger partial charge in [0.25, 0.3) is 5.91 Å². The SMILES string of the molecule is NC(N)=Nc1nc(-c2ccc(CNC(=O)COc3ccccc3)s2)cs1.